The van der Waals surface area contributed by atoms with Crippen molar-refractivity contribution in [2.75, 3.05) is 27.9 Å². The molecule has 0 heterocycles. The van der Waals surface area contributed by atoms with E-state index in [1.807, 2.05) is 0 Å². The van der Waals surface area contributed by atoms with Gasteiger partial charge in [-0.3, -0.25) is 0 Å². The van der Waals surface area contributed by atoms with Crippen LogP contribution in [-0.2, 0) is 14.2 Å². The third-order valence-electron chi connectivity index (χ3n) is 4.02. The van der Waals surface area contributed by atoms with Gasteiger partial charge in [-0.25, -0.2) is 0 Å². The van der Waals surface area contributed by atoms with Gasteiger partial charge >= 0.3 is 0 Å². The zero-order chi connectivity index (χ0) is 16.0. The van der Waals surface area contributed by atoms with Crippen molar-refractivity contribution in [1.82, 2.24) is 0 Å². The summed E-state index contributed by atoms with van der Waals surface area (Å²) in [6.07, 6.45) is 11.2. The van der Waals surface area contributed by atoms with Crippen molar-refractivity contribution in [3.05, 3.63) is 0 Å². The molecule has 128 valence electrons. The van der Waals surface area contributed by atoms with Crippen molar-refractivity contribution >= 4 is 0 Å². The summed E-state index contributed by atoms with van der Waals surface area (Å²) in [5.74, 6) is -0.865. The van der Waals surface area contributed by atoms with Crippen LogP contribution in [0.15, 0.2) is 0 Å². The number of nitrogens with two attached hydrogens (primary N) is 2. The molecule has 0 saturated carbocycles. The van der Waals surface area contributed by atoms with Gasteiger partial charge in [0.05, 0.1) is 0 Å². The average molecular weight is 304 g/mol. The van der Waals surface area contributed by atoms with Crippen LogP contribution < -0.4 is 11.5 Å². The van der Waals surface area contributed by atoms with E-state index in [0.29, 0.717) is 6.04 Å². The summed E-state index contributed by atoms with van der Waals surface area (Å²) in [6, 6.07) is 0.333. The third-order valence-corrected chi connectivity index (χ3v) is 4.02. The average Bonchev–Trinajstić information content (AvgIpc) is 2.52. The molecule has 5 heteroatoms. The second-order valence-electron chi connectivity index (χ2n) is 5.65. The summed E-state index contributed by atoms with van der Waals surface area (Å²) in [5, 5.41) is 0. The van der Waals surface area contributed by atoms with Crippen LogP contribution in [0.25, 0.3) is 0 Å². The SMILES string of the molecule is COC(CCCCCCCCC(N)CCCN)(OC)OC. The molecule has 1 atom stereocenters. The topological polar surface area (TPSA) is 79.7 Å². The van der Waals surface area contributed by atoms with E-state index in [-0.39, 0.29) is 0 Å². The molecule has 0 aromatic heterocycles. The molecule has 0 spiro atoms. The Kier molecular flexibility index (Phi) is 13.3. The van der Waals surface area contributed by atoms with E-state index < -0.39 is 5.97 Å². The Labute approximate surface area is 130 Å². The second kappa shape index (κ2) is 13.5. The lowest BCUT2D eigenvalue weighted by Crippen LogP contribution is -2.35. The van der Waals surface area contributed by atoms with Crippen molar-refractivity contribution in [3.63, 3.8) is 0 Å². The normalized spacial score (nSPS) is 13.6. The number of methoxy groups -OCH3 is 3. The molecule has 1 unspecified atom stereocenters. The van der Waals surface area contributed by atoms with Gasteiger partial charge in [0.2, 0.25) is 0 Å². The van der Waals surface area contributed by atoms with E-state index in [1.165, 1.54) is 32.1 Å². The molecule has 0 rings (SSSR count). The quantitative estimate of drug-likeness (QED) is 0.359. The molecule has 4 N–H and O–H groups in total. The van der Waals surface area contributed by atoms with Crippen LogP contribution in [0.5, 0.6) is 0 Å². The van der Waals surface area contributed by atoms with Gasteiger partial charge in [0.25, 0.3) is 5.97 Å². The molecule has 0 saturated heterocycles. The van der Waals surface area contributed by atoms with E-state index >= 15 is 0 Å². The molecule has 0 fully saturated rings. The third kappa shape index (κ3) is 10.2. The van der Waals surface area contributed by atoms with Gasteiger partial charge in [-0.2, -0.15) is 0 Å². The Hall–Kier alpha value is -0.200. The molecule has 0 aromatic carbocycles. The van der Waals surface area contributed by atoms with Gasteiger partial charge in [0.15, 0.2) is 0 Å². The number of hydrogen-bond acceptors (Lipinski definition) is 5. The Morgan fingerprint density at radius 2 is 1.24 bits per heavy atom. The molecule has 0 aliphatic rings. The Bertz CT molecular complexity index is 215. The fourth-order valence-corrected chi connectivity index (χ4v) is 2.54. The molecule has 21 heavy (non-hydrogen) atoms. The minimum absolute atomic E-state index is 0.333. The Morgan fingerprint density at radius 1 is 0.762 bits per heavy atom. The smallest absolute Gasteiger partial charge is 0.282 e. The van der Waals surface area contributed by atoms with Crippen molar-refractivity contribution in [2.45, 2.75) is 76.2 Å². The van der Waals surface area contributed by atoms with Gasteiger partial charge in [-0.1, -0.05) is 32.1 Å². The van der Waals surface area contributed by atoms with Crippen molar-refractivity contribution in [2.24, 2.45) is 11.5 Å². The maximum atomic E-state index is 6.02. The lowest BCUT2D eigenvalue weighted by Gasteiger charge is -2.28. The van der Waals surface area contributed by atoms with Crippen LogP contribution in [0.3, 0.4) is 0 Å². The first kappa shape index (κ1) is 20.8. The monoisotopic (exact) mass is 304 g/mol. The summed E-state index contributed by atoms with van der Waals surface area (Å²) < 4.78 is 15.8. The van der Waals surface area contributed by atoms with Crippen LogP contribution in [0, 0.1) is 0 Å². The zero-order valence-electron chi connectivity index (χ0n) is 14.2. The van der Waals surface area contributed by atoms with Gasteiger partial charge in [-0.15, -0.1) is 0 Å². The molecule has 5 nitrogen and oxygen atoms in total. The molecule has 0 radical (unpaired) electrons. The van der Waals surface area contributed by atoms with Gasteiger partial charge in [0.1, 0.15) is 0 Å². The van der Waals surface area contributed by atoms with Crippen molar-refractivity contribution in [1.29, 1.82) is 0 Å². The number of hydrogen-bond donors (Lipinski definition) is 2. The fraction of sp³-hybridized carbons (Fsp3) is 1.00. The first-order valence-electron chi connectivity index (χ1n) is 8.25. The van der Waals surface area contributed by atoms with Crippen molar-refractivity contribution < 1.29 is 14.2 Å². The molecular formula is C16H36N2O3. The van der Waals surface area contributed by atoms with E-state index in [2.05, 4.69) is 0 Å². The Morgan fingerprint density at radius 3 is 1.76 bits per heavy atom. The minimum Gasteiger partial charge on any atom is -0.331 e. The lowest BCUT2D eigenvalue weighted by molar-refractivity contribution is -0.355. The molecular weight excluding hydrogens is 268 g/mol. The molecule has 0 bridgehead atoms. The molecule has 0 aliphatic heterocycles. The lowest BCUT2D eigenvalue weighted by atomic mass is 10.0. The van der Waals surface area contributed by atoms with Crippen LogP contribution in [0.1, 0.15) is 64.2 Å². The summed E-state index contributed by atoms with van der Waals surface area (Å²) in [7, 11) is 4.84. The second-order valence-corrected chi connectivity index (χ2v) is 5.65. The summed E-state index contributed by atoms with van der Waals surface area (Å²) in [4.78, 5) is 0. The largest absolute Gasteiger partial charge is 0.331 e. The van der Waals surface area contributed by atoms with Gasteiger partial charge < -0.3 is 25.7 Å². The highest BCUT2D eigenvalue weighted by molar-refractivity contribution is 4.62. The minimum atomic E-state index is -0.865. The van der Waals surface area contributed by atoms with Gasteiger partial charge in [-0.05, 0) is 32.2 Å². The maximum absolute atomic E-state index is 6.02. The van der Waals surface area contributed by atoms with Crippen LogP contribution in [0.4, 0.5) is 0 Å². The molecule has 0 aromatic rings. The van der Waals surface area contributed by atoms with E-state index in [4.69, 9.17) is 25.7 Å². The predicted molar refractivity (Wildman–Crippen MR) is 87.0 cm³/mol. The van der Waals surface area contributed by atoms with Crippen LogP contribution in [0.2, 0.25) is 0 Å². The number of rotatable bonds is 15. The molecule has 0 aliphatic carbocycles. The highest BCUT2D eigenvalue weighted by Gasteiger charge is 2.28. The fourth-order valence-electron chi connectivity index (χ4n) is 2.54. The van der Waals surface area contributed by atoms with Crippen LogP contribution >= 0.6 is 0 Å². The van der Waals surface area contributed by atoms with Gasteiger partial charge in [0, 0.05) is 33.8 Å². The van der Waals surface area contributed by atoms with E-state index in [0.717, 1.165) is 38.6 Å². The maximum Gasteiger partial charge on any atom is 0.282 e. The summed E-state index contributed by atoms with van der Waals surface area (Å²) in [6.45, 7) is 0.750. The molecule has 0 amide bonds. The predicted octanol–water partition coefficient (Wildman–Crippen LogP) is 2.77. The van der Waals surface area contributed by atoms with E-state index in [1.54, 1.807) is 21.3 Å². The van der Waals surface area contributed by atoms with E-state index in [9.17, 15) is 0 Å². The first-order chi connectivity index (χ1) is 10.1. The highest BCUT2D eigenvalue weighted by atomic mass is 16.9. The first-order valence-corrected chi connectivity index (χ1v) is 8.25. The number of ether oxygens (including phenoxy) is 3. The summed E-state index contributed by atoms with van der Waals surface area (Å²) >= 11 is 0. The number of unbranched alkanes of at least 4 members (excludes halogenated alkanes) is 5. The Balaban J connectivity index is 3.44. The highest BCUT2D eigenvalue weighted by Crippen LogP contribution is 2.21. The zero-order valence-corrected chi connectivity index (χ0v) is 14.2. The summed E-state index contributed by atoms with van der Waals surface area (Å²) in [5.41, 5.74) is 11.5. The van der Waals surface area contributed by atoms with Crippen LogP contribution in [-0.4, -0.2) is 39.9 Å². The van der Waals surface area contributed by atoms with Crippen molar-refractivity contribution in [3.8, 4) is 0 Å². The standard InChI is InChI=1S/C16H36N2O3/c1-19-16(20-2,21-3)13-9-7-5-4-6-8-11-15(18)12-10-14-17/h15H,4-14,17-18H2,1-3H3.